The van der Waals surface area contributed by atoms with E-state index in [1.807, 2.05) is 0 Å². The van der Waals surface area contributed by atoms with Crippen LogP contribution in [0.25, 0.3) is 0 Å². The third-order valence-corrected chi connectivity index (χ3v) is 11.1. The van der Waals surface area contributed by atoms with E-state index in [4.69, 9.17) is 18.9 Å². The number of hydrogen-bond donors (Lipinski definition) is 1. The van der Waals surface area contributed by atoms with Gasteiger partial charge in [0.1, 0.15) is 0 Å². The first-order valence-electron chi connectivity index (χ1n) is 12.6. The first-order chi connectivity index (χ1) is 14.3. The van der Waals surface area contributed by atoms with E-state index >= 15 is 0 Å². The van der Waals surface area contributed by atoms with Crippen LogP contribution in [0.4, 0.5) is 0 Å². The van der Waals surface area contributed by atoms with E-state index in [0.717, 1.165) is 51.7 Å². The highest BCUT2D eigenvalue weighted by Gasteiger charge is 2.72. The van der Waals surface area contributed by atoms with Crippen LogP contribution in [0.3, 0.4) is 0 Å². The van der Waals surface area contributed by atoms with Crippen LogP contribution >= 0.6 is 0 Å². The first-order valence-corrected chi connectivity index (χ1v) is 12.6. The standard InChI is InChI=1S/C25H40O5/c1-4-17-15-18-19(5-7-22(3)20(18)6-8-25(22)29-13-14-30-25)21(2)9-10-23(16-24(17,21)26)27-11-12-28-23/h17-20,26H,4-16H2,1-3H3/t17-,18-,19+,20+,21-,22+,24+/m1/s1. The minimum Gasteiger partial charge on any atom is -0.389 e. The van der Waals surface area contributed by atoms with Crippen LogP contribution in [-0.4, -0.2) is 48.7 Å². The molecule has 4 saturated carbocycles. The highest BCUT2D eigenvalue weighted by molar-refractivity contribution is 5.19. The van der Waals surface area contributed by atoms with Crippen LogP contribution in [0.5, 0.6) is 0 Å². The van der Waals surface area contributed by atoms with Crippen molar-refractivity contribution in [3.05, 3.63) is 0 Å². The summed E-state index contributed by atoms with van der Waals surface area (Å²) < 4.78 is 24.8. The fraction of sp³-hybridized carbons (Fsp3) is 1.00. The zero-order chi connectivity index (χ0) is 20.8. The molecule has 0 unspecified atom stereocenters. The molecule has 1 N–H and O–H groups in total. The van der Waals surface area contributed by atoms with E-state index in [9.17, 15) is 5.11 Å². The summed E-state index contributed by atoms with van der Waals surface area (Å²) in [5.41, 5.74) is -0.649. The summed E-state index contributed by atoms with van der Waals surface area (Å²) in [7, 11) is 0. The average molecular weight is 421 g/mol. The van der Waals surface area contributed by atoms with Crippen molar-refractivity contribution in [3.8, 4) is 0 Å². The molecular formula is C25H40O5. The molecule has 0 aromatic rings. The maximum atomic E-state index is 12.4. The van der Waals surface area contributed by atoms with Crippen LogP contribution in [0.1, 0.15) is 78.6 Å². The number of aliphatic hydroxyl groups is 1. The van der Waals surface area contributed by atoms with Gasteiger partial charge >= 0.3 is 0 Å². The van der Waals surface area contributed by atoms with E-state index in [1.54, 1.807) is 0 Å². The molecule has 0 bridgehead atoms. The number of hydrogen-bond acceptors (Lipinski definition) is 5. The van der Waals surface area contributed by atoms with Crippen molar-refractivity contribution in [1.82, 2.24) is 0 Å². The minimum absolute atomic E-state index is 0.0639. The molecule has 6 fully saturated rings. The number of rotatable bonds is 1. The van der Waals surface area contributed by atoms with Crippen molar-refractivity contribution in [2.24, 2.45) is 34.5 Å². The summed E-state index contributed by atoms with van der Waals surface area (Å²) in [6.45, 7) is 9.94. The molecule has 0 radical (unpaired) electrons. The van der Waals surface area contributed by atoms with Gasteiger partial charge in [0.25, 0.3) is 0 Å². The van der Waals surface area contributed by atoms with Gasteiger partial charge in [-0.3, -0.25) is 0 Å². The van der Waals surface area contributed by atoms with Crippen LogP contribution < -0.4 is 0 Å². The Morgan fingerprint density at radius 3 is 2.13 bits per heavy atom. The monoisotopic (exact) mass is 420 g/mol. The smallest absolute Gasteiger partial charge is 0.174 e. The average Bonchev–Trinajstić information content (AvgIpc) is 3.45. The SMILES string of the molecule is CC[C@@H]1C[C@H]2[C@@H]3CCC4(OCCO4)[C@@]3(C)CC[C@@H]2[C@@]2(C)CCC3(C[C@]12O)OCCO3. The summed E-state index contributed by atoms with van der Waals surface area (Å²) >= 11 is 0. The van der Waals surface area contributed by atoms with E-state index in [0.29, 0.717) is 43.3 Å². The third kappa shape index (κ3) is 2.32. The molecule has 0 aromatic heterocycles. The number of ether oxygens (including phenoxy) is 4. The maximum Gasteiger partial charge on any atom is 0.174 e. The van der Waals surface area contributed by atoms with Gasteiger partial charge in [0.2, 0.25) is 0 Å². The van der Waals surface area contributed by atoms with Gasteiger partial charge in [0.15, 0.2) is 11.6 Å². The fourth-order valence-corrected chi connectivity index (χ4v) is 9.55. The first kappa shape index (κ1) is 20.4. The zero-order valence-corrected chi connectivity index (χ0v) is 19.1. The van der Waals surface area contributed by atoms with Gasteiger partial charge in [-0.25, -0.2) is 0 Å². The fourth-order valence-electron chi connectivity index (χ4n) is 9.55. The summed E-state index contributed by atoms with van der Waals surface area (Å²) in [6, 6.07) is 0. The molecule has 0 aromatic carbocycles. The lowest BCUT2D eigenvalue weighted by Crippen LogP contribution is -2.69. The highest BCUT2D eigenvalue weighted by atomic mass is 16.7. The maximum absolute atomic E-state index is 12.4. The molecule has 2 heterocycles. The van der Waals surface area contributed by atoms with Crippen molar-refractivity contribution in [2.75, 3.05) is 26.4 Å². The molecule has 6 aliphatic rings. The largest absolute Gasteiger partial charge is 0.389 e. The van der Waals surface area contributed by atoms with Crippen molar-refractivity contribution >= 4 is 0 Å². The molecule has 5 heteroatoms. The van der Waals surface area contributed by atoms with E-state index in [-0.39, 0.29) is 16.6 Å². The van der Waals surface area contributed by atoms with Crippen molar-refractivity contribution < 1.29 is 24.1 Å². The second kappa shape index (κ2) is 6.44. The lowest BCUT2D eigenvalue weighted by atomic mass is 9.40. The molecule has 2 spiro atoms. The molecule has 6 rings (SSSR count). The van der Waals surface area contributed by atoms with Crippen LogP contribution in [-0.2, 0) is 18.9 Å². The lowest BCUT2D eigenvalue weighted by Gasteiger charge is -2.67. The van der Waals surface area contributed by atoms with Gasteiger partial charge in [0, 0.05) is 30.1 Å². The summed E-state index contributed by atoms with van der Waals surface area (Å²) in [5, 5.41) is 12.4. The Morgan fingerprint density at radius 1 is 0.800 bits per heavy atom. The predicted molar refractivity (Wildman–Crippen MR) is 112 cm³/mol. The van der Waals surface area contributed by atoms with Crippen LogP contribution in [0.2, 0.25) is 0 Å². The Bertz CT molecular complexity index is 698. The van der Waals surface area contributed by atoms with Gasteiger partial charge in [-0.05, 0) is 55.8 Å². The number of fused-ring (bicyclic) bond motifs is 6. The molecule has 5 nitrogen and oxygen atoms in total. The zero-order valence-electron chi connectivity index (χ0n) is 19.1. The second-order valence-corrected chi connectivity index (χ2v) is 11.8. The normalized spacial score (nSPS) is 53.6. The molecule has 170 valence electrons. The third-order valence-electron chi connectivity index (χ3n) is 11.1. The van der Waals surface area contributed by atoms with Gasteiger partial charge in [-0.1, -0.05) is 27.2 Å². The van der Waals surface area contributed by atoms with Crippen molar-refractivity contribution in [1.29, 1.82) is 0 Å². The van der Waals surface area contributed by atoms with Gasteiger partial charge in [-0.15, -0.1) is 0 Å². The second-order valence-electron chi connectivity index (χ2n) is 11.8. The Balaban J connectivity index is 1.36. The predicted octanol–water partition coefficient (Wildman–Crippen LogP) is 4.27. The molecule has 4 aliphatic carbocycles. The molecule has 2 saturated heterocycles. The Hall–Kier alpha value is -0.200. The molecule has 30 heavy (non-hydrogen) atoms. The summed E-state index contributed by atoms with van der Waals surface area (Å²) in [4.78, 5) is 0. The molecule has 7 atom stereocenters. The molecule has 0 amide bonds. The van der Waals surface area contributed by atoms with Crippen LogP contribution in [0.15, 0.2) is 0 Å². The highest BCUT2D eigenvalue weighted by Crippen LogP contribution is 2.72. The van der Waals surface area contributed by atoms with Gasteiger partial charge in [-0.2, -0.15) is 0 Å². The Labute approximate surface area is 181 Å². The molecule has 2 aliphatic heterocycles. The minimum atomic E-state index is -0.699. The van der Waals surface area contributed by atoms with E-state index in [2.05, 4.69) is 20.8 Å². The lowest BCUT2D eigenvalue weighted by molar-refractivity contribution is -0.310. The quantitative estimate of drug-likeness (QED) is 0.687. The van der Waals surface area contributed by atoms with Gasteiger partial charge in [0.05, 0.1) is 32.0 Å². The van der Waals surface area contributed by atoms with E-state index < -0.39 is 11.4 Å². The van der Waals surface area contributed by atoms with Crippen molar-refractivity contribution in [2.45, 2.75) is 95.7 Å². The molecular weight excluding hydrogens is 380 g/mol. The summed E-state index contributed by atoms with van der Waals surface area (Å²) in [6.07, 6.45) is 9.30. The van der Waals surface area contributed by atoms with Crippen molar-refractivity contribution in [3.63, 3.8) is 0 Å². The Morgan fingerprint density at radius 2 is 1.43 bits per heavy atom. The topological polar surface area (TPSA) is 57.2 Å². The summed E-state index contributed by atoms with van der Waals surface area (Å²) in [5.74, 6) is 1.28. The van der Waals surface area contributed by atoms with Crippen LogP contribution in [0, 0.1) is 34.5 Å². The van der Waals surface area contributed by atoms with Gasteiger partial charge < -0.3 is 24.1 Å². The Kier molecular flexibility index (Phi) is 4.38. The van der Waals surface area contributed by atoms with E-state index in [1.165, 1.54) is 12.8 Å².